The molecule has 1 aromatic heterocycles. The molecule has 6 nitrogen and oxygen atoms in total. The van der Waals surface area contributed by atoms with Crippen molar-refractivity contribution in [2.45, 2.75) is 75.9 Å². The summed E-state index contributed by atoms with van der Waals surface area (Å²) < 4.78 is 18.2. The number of halogens is 1. The number of carbonyl (C=O) groups excluding carboxylic acids is 1. The molecule has 0 radical (unpaired) electrons. The molecule has 0 bridgehead atoms. The van der Waals surface area contributed by atoms with Crippen LogP contribution in [-0.4, -0.2) is 30.2 Å². The van der Waals surface area contributed by atoms with Gasteiger partial charge in [0.1, 0.15) is 23.6 Å². The number of esters is 1. The number of pyridine rings is 1. The molecule has 3 aliphatic carbocycles. The summed E-state index contributed by atoms with van der Waals surface area (Å²) in [7, 11) is 1.47. The number of anilines is 1. The molecule has 0 aliphatic heterocycles. The zero-order valence-corrected chi connectivity index (χ0v) is 28.5. The van der Waals surface area contributed by atoms with Crippen LogP contribution in [0.25, 0.3) is 6.08 Å². The van der Waals surface area contributed by atoms with Crippen molar-refractivity contribution < 1.29 is 19.0 Å². The maximum absolute atomic E-state index is 13.5. The summed E-state index contributed by atoms with van der Waals surface area (Å²) in [6.07, 6.45) is 11.2. The highest BCUT2D eigenvalue weighted by molar-refractivity contribution is 6.30. The third-order valence-corrected chi connectivity index (χ3v) is 10.7. The number of allylic oxidation sites excluding steroid dienone is 1. The summed E-state index contributed by atoms with van der Waals surface area (Å²) >= 11 is 6.33. The van der Waals surface area contributed by atoms with Crippen molar-refractivity contribution in [3.63, 3.8) is 0 Å². The third-order valence-electron chi connectivity index (χ3n) is 10.5. The van der Waals surface area contributed by atoms with Crippen molar-refractivity contribution in [2.24, 2.45) is 5.92 Å². The Kier molecular flexibility index (Phi) is 9.19. The normalized spacial score (nSPS) is 21.6. The molecule has 1 spiro atoms. The average Bonchev–Trinajstić information content (AvgIpc) is 3.71. The monoisotopic (exact) mass is 662 g/mol. The number of hydrogen-bond donors (Lipinski definition) is 1. The van der Waals surface area contributed by atoms with Gasteiger partial charge in [-0.3, -0.25) is 4.98 Å². The Balaban J connectivity index is 1.15. The number of aryl methyl sites for hydroxylation is 1. The Labute approximate surface area is 288 Å². The summed E-state index contributed by atoms with van der Waals surface area (Å²) in [6, 6.07) is 26.3. The zero-order valence-electron chi connectivity index (χ0n) is 27.8. The van der Waals surface area contributed by atoms with Crippen molar-refractivity contribution in [3.8, 4) is 11.5 Å². The maximum Gasteiger partial charge on any atom is 0.331 e. The molecule has 7 rings (SSSR count). The molecule has 1 atom stereocenters. The quantitative estimate of drug-likeness (QED) is 0.162. The van der Waals surface area contributed by atoms with Gasteiger partial charge in [-0.25, -0.2) is 4.79 Å². The van der Waals surface area contributed by atoms with E-state index in [0.717, 1.165) is 61.3 Å². The Morgan fingerprint density at radius 3 is 2.58 bits per heavy atom. The largest absolute Gasteiger partial charge is 0.493 e. The number of carbonyl (C=O) groups is 1. The summed E-state index contributed by atoms with van der Waals surface area (Å²) in [6.45, 7) is 3.42. The van der Waals surface area contributed by atoms with Crippen molar-refractivity contribution in [2.75, 3.05) is 19.0 Å². The lowest BCUT2D eigenvalue weighted by Crippen LogP contribution is -2.52. The van der Waals surface area contributed by atoms with Gasteiger partial charge in [0.2, 0.25) is 0 Å². The van der Waals surface area contributed by atoms with Crippen molar-refractivity contribution in [1.82, 2.24) is 4.98 Å². The van der Waals surface area contributed by atoms with Crippen LogP contribution in [0.15, 0.2) is 90.6 Å². The van der Waals surface area contributed by atoms with E-state index in [1.165, 1.54) is 35.1 Å². The number of fused-ring (bicyclic) bond motifs is 3. The molecule has 1 saturated carbocycles. The molecule has 0 saturated heterocycles. The second kappa shape index (κ2) is 13.7. The highest BCUT2D eigenvalue weighted by atomic mass is 35.5. The molecular formula is C41H43ClN2O4. The lowest BCUT2D eigenvalue weighted by atomic mass is 9.61. The second-order valence-corrected chi connectivity index (χ2v) is 14.1. The van der Waals surface area contributed by atoms with Crippen LogP contribution in [0, 0.1) is 5.92 Å². The molecular weight excluding hydrogens is 620 g/mol. The topological polar surface area (TPSA) is 69.7 Å². The number of nitrogens with one attached hydrogen (secondary N) is 1. The predicted molar refractivity (Wildman–Crippen MR) is 191 cm³/mol. The van der Waals surface area contributed by atoms with Crippen LogP contribution in [0.3, 0.4) is 0 Å². The highest BCUT2D eigenvalue weighted by Crippen LogP contribution is 2.56. The van der Waals surface area contributed by atoms with Gasteiger partial charge in [-0.1, -0.05) is 72.6 Å². The minimum Gasteiger partial charge on any atom is -0.493 e. The molecule has 1 N–H and O–H groups in total. The molecule has 4 aromatic rings. The van der Waals surface area contributed by atoms with Crippen LogP contribution in [0.2, 0.25) is 5.02 Å². The van der Waals surface area contributed by atoms with Crippen molar-refractivity contribution in [3.05, 3.63) is 124 Å². The first-order valence-corrected chi connectivity index (χ1v) is 17.5. The maximum atomic E-state index is 13.5. The second-order valence-electron chi connectivity index (χ2n) is 13.7. The van der Waals surface area contributed by atoms with Gasteiger partial charge in [0, 0.05) is 33.6 Å². The molecule has 248 valence electrons. The first kappa shape index (κ1) is 32.3. The van der Waals surface area contributed by atoms with Crippen LogP contribution < -0.4 is 14.8 Å². The fourth-order valence-electron chi connectivity index (χ4n) is 8.00. The van der Waals surface area contributed by atoms with Crippen LogP contribution in [0.5, 0.6) is 11.5 Å². The van der Waals surface area contributed by atoms with Crippen LogP contribution in [-0.2, 0) is 34.4 Å². The molecule has 1 fully saturated rings. The molecule has 7 heteroatoms. The summed E-state index contributed by atoms with van der Waals surface area (Å²) in [5.74, 6) is 1.89. The molecule has 0 unspecified atom stereocenters. The van der Waals surface area contributed by atoms with E-state index >= 15 is 0 Å². The van der Waals surface area contributed by atoms with Gasteiger partial charge in [0.15, 0.2) is 0 Å². The first-order valence-electron chi connectivity index (χ1n) is 17.1. The average molecular weight is 663 g/mol. The smallest absolute Gasteiger partial charge is 0.331 e. The summed E-state index contributed by atoms with van der Waals surface area (Å²) in [4.78, 5) is 18.1. The summed E-state index contributed by atoms with van der Waals surface area (Å²) in [5.41, 5.74) is 7.24. The molecule has 48 heavy (non-hydrogen) atoms. The molecule has 3 aromatic carbocycles. The van der Waals surface area contributed by atoms with E-state index in [1.54, 1.807) is 0 Å². The minimum absolute atomic E-state index is 0.221. The van der Waals surface area contributed by atoms with Gasteiger partial charge in [0.05, 0.1) is 13.7 Å². The number of ether oxygens (including phenoxy) is 3. The van der Waals surface area contributed by atoms with E-state index in [9.17, 15) is 4.79 Å². The van der Waals surface area contributed by atoms with Crippen LogP contribution in [0.1, 0.15) is 73.4 Å². The lowest BCUT2D eigenvalue weighted by Gasteiger charge is -2.46. The standard InChI is InChI=1S/C41H43ClN2O4/c1-28(26-48-38-16-21-43-37-13-7-12-35(37)38)22-31-23-30-14-15-34(47-27-29-8-4-3-5-9-29)25-36(30)40(31)17-19-41(20-18-40,39(45)46-2)44-33-11-6-10-32(42)24-33/h3-6,8-11,14-16,21,23-25,28,44H,7,12-13,17-20,22,26-27H2,1-2H3/t28-,40?,41?/m1/s1. The fraction of sp³-hybridized carbons (Fsp3) is 0.366. The van der Waals surface area contributed by atoms with Gasteiger partial charge in [-0.15, -0.1) is 0 Å². The van der Waals surface area contributed by atoms with E-state index in [0.29, 0.717) is 37.0 Å². The summed E-state index contributed by atoms with van der Waals surface area (Å²) in [5, 5.41) is 4.18. The van der Waals surface area contributed by atoms with Crippen LogP contribution in [0.4, 0.5) is 5.69 Å². The Bertz CT molecular complexity index is 1810. The van der Waals surface area contributed by atoms with E-state index < -0.39 is 5.54 Å². The Morgan fingerprint density at radius 1 is 0.958 bits per heavy atom. The Hall–Kier alpha value is -4.29. The zero-order chi connectivity index (χ0) is 33.1. The number of rotatable bonds is 11. The predicted octanol–water partition coefficient (Wildman–Crippen LogP) is 9.14. The number of aromatic nitrogens is 1. The van der Waals surface area contributed by atoms with E-state index in [2.05, 4.69) is 53.6 Å². The molecule has 0 amide bonds. The number of methoxy groups -OCH3 is 1. The van der Waals surface area contributed by atoms with Gasteiger partial charge >= 0.3 is 5.97 Å². The fourth-order valence-corrected chi connectivity index (χ4v) is 8.19. The van der Waals surface area contributed by atoms with Gasteiger partial charge in [-0.2, -0.15) is 0 Å². The number of nitrogens with zero attached hydrogens (tertiary/aromatic N) is 1. The molecule has 3 aliphatic rings. The minimum atomic E-state index is -0.851. The Morgan fingerprint density at radius 2 is 1.79 bits per heavy atom. The van der Waals surface area contributed by atoms with Gasteiger partial charge in [0.25, 0.3) is 0 Å². The number of benzene rings is 3. The van der Waals surface area contributed by atoms with Crippen molar-refractivity contribution in [1.29, 1.82) is 0 Å². The third kappa shape index (κ3) is 6.43. The van der Waals surface area contributed by atoms with E-state index in [4.69, 9.17) is 25.8 Å². The lowest BCUT2D eigenvalue weighted by molar-refractivity contribution is -0.147. The van der Waals surface area contributed by atoms with E-state index in [1.807, 2.05) is 54.7 Å². The van der Waals surface area contributed by atoms with Crippen molar-refractivity contribution >= 4 is 29.3 Å². The molecule has 1 heterocycles. The van der Waals surface area contributed by atoms with Gasteiger partial charge in [-0.05, 0) is 110 Å². The van der Waals surface area contributed by atoms with Gasteiger partial charge < -0.3 is 19.5 Å². The van der Waals surface area contributed by atoms with Crippen LogP contribution >= 0.6 is 11.6 Å². The number of hydrogen-bond acceptors (Lipinski definition) is 6. The first-order chi connectivity index (χ1) is 23.4. The SMILES string of the molecule is COC(=O)C1(Nc2cccc(Cl)c2)CCC2(CC1)C(C[C@@H](C)COc1ccnc3c1CCC3)=Cc1ccc(OCc3ccccc3)cc12. The highest BCUT2D eigenvalue weighted by Gasteiger charge is 2.52. The van der Waals surface area contributed by atoms with E-state index in [-0.39, 0.29) is 11.4 Å².